The smallest absolute Gasteiger partial charge is 0.306 e. The second-order valence-corrected chi connectivity index (χ2v) is 9.77. The third-order valence-corrected chi connectivity index (χ3v) is 7.24. The number of hydrogen-bond acceptors (Lipinski definition) is 5. The van der Waals surface area contributed by atoms with Crippen molar-refractivity contribution in [1.82, 2.24) is 4.98 Å². The summed E-state index contributed by atoms with van der Waals surface area (Å²) in [4.78, 5) is 29.7. The van der Waals surface area contributed by atoms with E-state index in [9.17, 15) is 14.8 Å². The van der Waals surface area contributed by atoms with E-state index < -0.39 is 12.0 Å². The van der Waals surface area contributed by atoms with Crippen LogP contribution in [0.4, 0.5) is 5.69 Å². The summed E-state index contributed by atoms with van der Waals surface area (Å²) in [5.74, 6) is -1.01. The number of nitrogens with zero attached hydrogens (tertiary/aromatic N) is 3. The van der Waals surface area contributed by atoms with Crippen LogP contribution in [-0.2, 0) is 4.79 Å². The summed E-state index contributed by atoms with van der Waals surface area (Å²) in [6.07, 6.45) is 3.55. The van der Waals surface area contributed by atoms with E-state index in [2.05, 4.69) is 39.3 Å². The van der Waals surface area contributed by atoms with Crippen LogP contribution in [0.5, 0.6) is 0 Å². The molecule has 2 atom stereocenters. The van der Waals surface area contributed by atoms with Crippen LogP contribution in [0.2, 0.25) is 5.02 Å². The molecule has 182 valence electrons. The Morgan fingerprint density at radius 1 is 1.09 bits per heavy atom. The maximum absolute atomic E-state index is 11.9. The molecule has 4 rings (SSSR count). The van der Waals surface area contributed by atoms with Crippen LogP contribution >= 0.6 is 11.6 Å². The van der Waals surface area contributed by atoms with Gasteiger partial charge in [-0.1, -0.05) is 35.0 Å². The first kappa shape index (κ1) is 24.9. The van der Waals surface area contributed by atoms with E-state index in [4.69, 9.17) is 11.6 Å². The first-order chi connectivity index (χ1) is 16.9. The SMILES string of the molecule is Cc1cc(C(CC(c2ccc(N3CCC(C(=O)O)CC3)cc2)c2ccc(Cl)cc2C)N=O)ccn1. The zero-order chi connectivity index (χ0) is 24.9. The van der Waals surface area contributed by atoms with Crippen LogP contribution in [0, 0.1) is 24.7 Å². The van der Waals surface area contributed by atoms with Gasteiger partial charge in [0.15, 0.2) is 0 Å². The molecule has 1 aliphatic heterocycles. The molecular formula is C28H30ClN3O3. The average Bonchev–Trinajstić information content (AvgIpc) is 2.86. The zero-order valence-corrected chi connectivity index (χ0v) is 20.8. The monoisotopic (exact) mass is 491 g/mol. The van der Waals surface area contributed by atoms with Crippen molar-refractivity contribution in [2.45, 2.75) is 45.1 Å². The maximum Gasteiger partial charge on any atom is 0.306 e. The number of carboxylic acid groups (broad SMARTS) is 1. The molecule has 1 aliphatic rings. The predicted octanol–water partition coefficient (Wildman–Crippen LogP) is 6.68. The van der Waals surface area contributed by atoms with Gasteiger partial charge in [0.2, 0.25) is 0 Å². The fourth-order valence-corrected chi connectivity index (χ4v) is 5.24. The molecule has 1 aromatic heterocycles. The van der Waals surface area contributed by atoms with Gasteiger partial charge in [0.05, 0.1) is 5.92 Å². The number of anilines is 1. The summed E-state index contributed by atoms with van der Waals surface area (Å²) in [5, 5.41) is 13.4. The predicted molar refractivity (Wildman–Crippen MR) is 139 cm³/mol. The number of piperidine rings is 1. The average molecular weight is 492 g/mol. The molecule has 0 aliphatic carbocycles. The molecule has 0 bridgehead atoms. The van der Waals surface area contributed by atoms with E-state index in [0.717, 1.165) is 46.7 Å². The minimum Gasteiger partial charge on any atom is -0.481 e. The second-order valence-electron chi connectivity index (χ2n) is 9.33. The number of benzene rings is 2. The topological polar surface area (TPSA) is 82.9 Å². The normalized spacial score (nSPS) is 16.0. The number of pyridine rings is 1. The minimum atomic E-state index is -0.705. The number of hydrogen-bond donors (Lipinski definition) is 1. The van der Waals surface area contributed by atoms with Crippen LogP contribution in [0.15, 0.2) is 66.0 Å². The highest BCUT2D eigenvalue weighted by molar-refractivity contribution is 6.30. The highest BCUT2D eigenvalue weighted by Gasteiger charge is 2.26. The Bertz CT molecular complexity index is 1190. The van der Waals surface area contributed by atoms with E-state index in [1.165, 1.54) is 0 Å². The number of aliphatic carboxylic acids is 1. The third-order valence-electron chi connectivity index (χ3n) is 7.00. The summed E-state index contributed by atoms with van der Waals surface area (Å²) in [6, 6.07) is 17.5. The van der Waals surface area contributed by atoms with Gasteiger partial charge in [-0.05, 0) is 91.8 Å². The lowest BCUT2D eigenvalue weighted by Gasteiger charge is -2.32. The van der Waals surface area contributed by atoms with Gasteiger partial charge in [0.25, 0.3) is 0 Å². The lowest BCUT2D eigenvalue weighted by atomic mass is 9.82. The van der Waals surface area contributed by atoms with Gasteiger partial charge >= 0.3 is 5.97 Å². The molecule has 2 aromatic carbocycles. The highest BCUT2D eigenvalue weighted by Crippen LogP contribution is 2.38. The summed E-state index contributed by atoms with van der Waals surface area (Å²) in [7, 11) is 0. The lowest BCUT2D eigenvalue weighted by Crippen LogP contribution is -2.36. The maximum atomic E-state index is 11.9. The van der Waals surface area contributed by atoms with Crippen LogP contribution in [0.25, 0.3) is 0 Å². The molecule has 2 unspecified atom stereocenters. The molecule has 0 amide bonds. The molecule has 0 spiro atoms. The molecule has 7 heteroatoms. The van der Waals surface area contributed by atoms with Crippen molar-refractivity contribution >= 4 is 23.3 Å². The fraction of sp³-hybridized carbons (Fsp3) is 0.357. The number of aryl methyl sites for hydroxylation is 2. The Hall–Kier alpha value is -3.25. The molecule has 0 radical (unpaired) electrons. The lowest BCUT2D eigenvalue weighted by molar-refractivity contribution is -0.142. The van der Waals surface area contributed by atoms with Crippen molar-refractivity contribution in [1.29, 1.82) is 0 Å². The fourth-order valence-electron chi connectivity index (χ4n) is 5.01. The second kappa shape index (κ2) is 11.0. The zero-order valence-electron chi connectivity index (χ0n) is 20.0. The summed E-state index contributed by atoms with van der Waals surface area (Å²) >= 11 is 6.23. The first-order valence-electron chi connectivity index (χ1n) is 11.9. The van der Waals surface area contributed by atoms with Gasteiger partial charge in [0, 0.05) is 41.6 Å². The molecule has 3 aromatic rings. The Morgan fingerprint density at radius 2 is 1.80 bits per heavy atom. The number of rotatable bonds is 8. The molecule has 6 nitrogen and oxygen atoms in total. The summed E-state index contributed by atoms with van der Waals surface area (Å²) in [6.45, 7) is 5.41. The number of carboxylic acids is 1. The number of nitroso groups, excluding NO2 is 1. The van der Waals surface area contributed by atoms with Crippen LogP contribution in [-0.4, -0.2) is 29.1 Å². The number of aromatic nitrogens is 1. The van der Waals surface area contributed by atoms with Gasteiger partial charge in [-0.3, -0.25) is 9.78 Å². The van der Waals surface area contributed by atoms with Gasteiger partial charge in [-0.25, -0.2) is 0 Å². The number of carbonyl (C=O) groups is 1. The Labute approximate surface area is 210 Å². The molecule has 0 saturated carbocycles. The van der Waals surface area contributed by atoms with Crippen LogP contribution in [0.3, 0.4) is 0 Å². The van der Waals surface area contributed by atoms with E-state index in [1.54, 1.807) is 6.20 Å². The third kappa shape index (κ3) is 5.88. The Morgan fingerprint density at radius 3 is 2.40 bits per heavy atom. The molecule has 1 N–H and O–H groups in total. The van der Waals surface area contributed by atoms with Crippen molar-refractivity contribution in [3.05, 3.63) is 98.7 Å². The first-order valence-corrected chi connectivity index (χ1v) is 12.3. The summed E-state index contributed by atoms with van der Waals surface area (Å²) in [5.41, 5.74) is 6.08. The van der Waals surface area contributed by atoms with Crippen LogP contribution < -0.4 is 4.90 Å². The Balaban J connectivity index is 1.62. The highest BCUT2D eigenvalue weighted by atomic mass is 35.5. The van der Waals surface area contributed by atoms with Crippen molar-refractivity contribution in [3.63, 3.8) is 0 Å². The number of halogens is 1. The Kier molecular flexibility index (Phi) is 7.81. The van der Waals surface area contributed by atoms with Gasteiger partial charge < -0.3 is 10.0 Å². The summed E-state index contributed by atoms with van der Waals surface area (Å²) < 4.78 is 0. The van der Waals surface area contributed by atoms with Crippen molar-refractivity contribution in [3.8, 4) is 0 Å². The molecule has 1 fully saturated rings. The molecule has 2 heterocycles. The quantitative estimate of drug-likeness (QED) is 0.355. The van der Waals surface area contributed by atoms with Gasteiger partial charge in [-0.15, -0.1) is 0 Å². The van der Waals surface area contributed by atoms with E-state index in [1.807, 2.05) is 44.2 Å². The molecular weight excluding hydrogens is 462 g/mol. The van der Waals surface area contributed by atoms with E-state index in [-0.39, 0.29) is 11.8 Å². The van der Waals surface area contributed by atoms with Gasteiger partial charge in [-0.2, -0.15) is 4.91 Å². The van der Waals surface area contributed by atoms with Crippen molar-refractivity contribution < 1.29 is 9.90 Å². The molecule has 35 heavy (non-hydrogen) atoms. The minimum absolute atomic E-state index is 0.0461. The van der Waals surface area contributed by atoms with E-state index >= 15 is 0 Å². The van der Waals surface area contributed by atoms with Crippen molar-refractivity contribution in [2.24, 2.45) is 11.1 Å². The molecule has 1 saturated heterocycles. The standard InChI is InChI=1S/C28H30ClN3O3/c1-18-15-23(29)5-8-25(18)26(17-27(31-35)22-9-12-30-19(2)16-22)20-3-6-24(7-4-20)32-13-10-21(11-14-32)28(33)34/h3-9,12,15-16,21,26-27H,10-11,13-14,17H2,1-2H3,(H,33,34). The van der Waals surface area contributed by atoms with Crippen LogP contribution in [0.1, 0.15) is 59.2 Å². The van der Waals surface area contributed by atoms with Gasteiger partial charge in [0.1, 0.15) is 6.04 Å². The largest absolute Gasteiger partial charge is 0.481 e. The van der Waals surface area contributed by atoms with Crippen molar-refractivity contribution in [2.75, 3.05) is 18.0 Å². The van der Waals surface area contributed by atoms with E-state index in [0.29, 0.717) is 24.3 Å².